The van der Waals surface area contributed by atoms with Crippen molar-refractivity contribution in [1.29, 1.82) is 0 Å². The van der Waals surface area contributed by atoms with E-state index in [-0.39, 0.29) is 17.8 Å². The summed E-state index contributed by atoms with van der Waals surface area (Å²) in [5.41, 5.74) is 2.35. The van der Waals surface area contributed by atoms with Crippen LogP contribution in [0, 0.1) is 12.8 Å². The molecule has 0 saturated heterocycles. The number of aryl methyl sites for hydroxylation is 1. The highest BCUT2D eigenvalue weighted by Gasteiger charge is 2.21. The predicted molar refractivity (Wildman–Crippen MR) is 100 cm³/mol. The van der Waals surface area contributed by atoms with Gasteiger partial charge in [-0.3, -0.25) is 14.5 Å². The zero-order valence-electron chi connectivity index (χ0n) is 16.2. The minimum absolute atomic E-state index is 0.0985. The Morgan fingerprint density at radius 3 is 2.32 bits per heavy atom. The molecule has 0 bridgehead atoms. The molecule has 0 aliphatic rings. The van der Waals surface area contributed by atoms with E-state index in [4.69, 9.17) is 4.74 Å². The second-order valence-electron chi connectivity index (χ2n) is 6.55. The molecule has 5 nitrogen and oxygen atoms in total. The zero-order valence-corrected chi connectivity index (χ0v) is 16.2. The van der Waals surface area contributed by atoms with Gasteiger partial charge in [-0.25, -0.2) is 0 Å². The van der Waals surface area contributed by atoms with E-state index in [1.807, 2.05) is 23.6 Å². The van der Waals surface area contributed by atoms with Crippen molar-refractivity contribution in [1.82, 2.24) is 9.80 Å². The molecule has 1 amide bonds. The van der Waals surface area contributed by atoms with Gasteiger partial charge in [0.15, 0.2) is 0 Å². The van der Waals surface area contributed by atoms with Crippen LogP contribution in [0.25, 0.3) is 0 Å². The van der Waals surface area contributed by atoms with Gasteiger partial charge >= 0.3 is 5.97 Å². The Labute approximate surface area is 151 Å². The first-order valence-electron chi connectivity index (χ1n) is 9.04. The minimum Gasteiger partial charge on any atom is -0.469 e. The summed E-state index contributed by atoms with van der Waals surface area (Å²) >= 11 is 0. The largest absolute Gasteiger partial charge is 0.469 e. The van der Waals surface area contributed by atoms with Gasteiger partial charge in [0, 0.05) is 19.6 Å². The number of likely N-dealkylation sites (N-methyl/N-ethyl adjacent to an activating group) is 1. The first kappa shape index (κ1) is 21.2. The van der Waals surface area contributed by atoms with Gasteiger partial charge in [0.05, 0.1) is 19.6 Å². The van der Waals surface area contributed by atoms with Crippen LogP contribution >= 0.6 is 0 Å². The Kier molecular flexibility index (Phi) is 9.21. The van der Waals surface area contributed by atoms with Crippen LogP contribution in [-0.2, 0) is 20.9 Å². The lowest BCUT2D eigenvalue weighted by Crippen LogP contribution is -2.42. The number of nitrogens with zero attached hydrogens (tertiary/aromatic N) is 2. The number of methoxy groups -OCH3 is 1. The van der Waals surface area contributed by atoms with Crippen LogP contribution in [0.4, 0.5) is 0 Å². The van der Waals surface area contributed by atoms with Crippen molar-refractivity contribution >= 4 is 11.9 Å². The lowest BCUT2D eigenvalue weighted by molar-refractivity contribution is -0.146. The lowest BCUT2D eigenvalue weighted by atomic mass is 10.1. The van der Waals surface area contributed by atoms with Gasteiger partial charge in [0.25, 0.3) is 0 Å². The van der Waals surface area contributed by atoms with E-state index in [0.29, 0.717) is 19.6 Å². The molecule has 0 aromatic heterocycles. The smallest absolute Gasteiger partial charge is 0.309 e. The molecule has 1 rings (SSSR count). The summed E-state index contributed by atoms with van der Waals surface area (Å²) < 4.78 is 4.78. The van der Waals surface area contributed by atoms with Gasteiger partial charge in [0.2, 0.25) is 5.91 Å². The molecule has 25 heavy (non-hydrogen) atoms. The molecule has 0 fully saturated rings. The second-order valence-corrected chi connectivity index (χ2v) is 6.55. The normalized spacial score (nSPS) is 12.1. The number of benzene rings is 1. The van der Waals surface area contributed by atoms with Crippen molar-refractivity contribution in [3.8, 4) is 0 Å². The highest BCUT2D eigenvalue weighted by atomic mass is 16.5. The van der Waals surface area contributed by atoms with Crippen molar-refractivity contribution < 1.29 is 14.3 Å². The molecule has 0 aliphatic heterocycles. The van der Waals surface area contributed by atoms with Crippen molar-refractivity contribution in [2.24, 2.45) is 5.92 Å². The maximum absolute atomic E-state index is 12.8. The summed E-state index contributed by atoms with van der Waals surface area (Å²) in [6.07, 6.45) is 0.919. The second kappa shape index (κ2) is 10.9. The molecule has 1 aromatic carbocycles. The van der Waals surface area contributed by atoms with Crippen molar-refractivity contribution in [2.75, 3.05) is 33.3 Å². The third kappa shape index (κ3) is 7.26. The van der Waals surface area contributed by atoms with E-state index in [1.165, 1.54) is 12.7 Å². The fraction of sp³-hybridized carbons (Fsp3) is 0.600. The molecule has 140 valence electrons. The van der Waals surface area contributed by atoms with E-state index in [9.17, 15) is 9.59 Å². The van der Waals surface area contributed by atoms with Crippen LogP contribution in [0.1, 0.15) is 38.3 Å². The molecule has 1 atom stereocenters. The van der Waals surface area contributed by atoms with Crippen molar-refractivity contribution in [2.45, 2.75) is 40.7 Å². The molecule has 0 spiro atoms. The van der Waals surface area contributed by atoms with Gasteiger partial charge in [-0.2, -0.15) is 0 Å². The van der Waals surface area contributed by atoms with Gasteiger partial charge in [-0.15, -0.1) is 0 Å². The number of carbonyl (C=O) groups excluding carboxylic acids is 2. The minimum atomic E-state index is -0.241. The standard InChI is InChI=1S/C20H32N2O3/c1-6-12-22(14-18-10-8-16(3)9-11-18)19(23)15-21(7-2)13-17(4)20(24)25-5/h8-11,17H,6-7,12-15H2,1-5H3. The molecular weight excluding hydrogens is 316 g/mol. The SMILES string of the molecule is CCCN(Cc1ccc(C)cc1)C(=O)CN(CC)CC(C)C(=O)OC. The van der Waals surface area contributed by atoms with Crippen LogP contribution in [0.15, 0.2) is 24.3 Å². The molecule has 1 aromatic rings. The molecule has 0 N–H and O–H groups in total. The zero-order chi connectivity index (χ0) is 18.8. The summed E-state index contributed by atoms with van der Waals surface area (Å²) in [6.45, 7) is 10.9. The molecular formula is C20H32N2O3. The molecule has 0 radical (unpaired) electrons. The summed E-state index contributed by atoms with van der Waals surface area (Å²) in [7, 11) is 1.39. The maximum atomic E-state index is 12.8. The number of hydrogen-bond acceptors (Lipinski definition) is 4. The monoisotopic (exact) mass is 348 g/mol. The molecule has 0 heterocycles. The van der Waals surface area contributed by atoms with Crippen molar-refractivity contribution in [3.63, 3.8) is 0 Å². The van der Waals surface area contributed by atoms with E-state index in [0.717, 1.165) is 25.1 Å². The highest BCUT2D eigenvalue weighted by Crippen LogP contribution is 2.09. The fourth-order valence-electron chi connectivity index (χ4n) is 2.74. The Balaban J connectivity index is 2.69. The third-order valence-corrected chi connectivity index (χ3v) is 4.28. The van der Waals surface area contributed by atoms with Crippen molar-refractivity contribution in [3.05, 3.63) is 35.4 Å². The van der Waals surface area contributed by atoms with Crippen LogP contribution in [0.5, 0.6) is 0 Å². The van der Waals surface area contributed by atoms with E-state index in [1.54, 1.807) is 0 Å². The molecule has 1 unspecified atom stereocenters. The van der Waals surface area contributed by atoms with Gasteiger partial charge in [0.1, 0.15) is 0 Å². The van der Waals surface area contributed by atoms with E-state index >= 15 is 0 Å². The Morgan fingerprint density at radius 1 is 1.16 bits per heavy atom. The number of rotatable bonds is 10. The summed E-state index contributed by atoms with van der Waals surface area (Å²) in [5.74, 6) is -0.383. The predicted octanol–water partition coefficient (Wildman–Crippen LogP) is 2.86. The third-order valence-electron chi connectivity index (χ3n) is 4.28. The summed E-state index contributed by atoms with van der Waals surface area (Å²) in [6, 6.07) is 8.28. The quantitative estimate of drug-likeness (QED) is 0.610. The fourth-order valence-corrected chi connectivity index (χ4v) is 2.74. The van der Waals surface area contributed by atoms with Gasteiger partial charge in [-0.05, 0) is 25.5 Å². The van der Waals surface area contributed by atoms with E-state index in [2.05, 4.69) is 38.1 Å². The summed E-state index contributed by atoms with van der Waals surface area (Å²) in [5, 5.41) is 0. The van der Waals surface area contributed by atoms with E-state index < -0.39 is 0 Å². The number of amides is 1. The van der Waals surface area contributed by atoms with Crippen LogP contribution in [-0.4, -0.2) is 55.0 Å². The first-order valence-corrected chi connectivity index (χ1v) is 9.04. The van der Waals surface area contributed by atoms with Gasteiger partial charge < -0.3 is 9.64 Å². The number of hydrogen-bond donors (Lipinski definition) is 0. The molecule has 5 heteroatoms. The van der Waals surface area contributed by atoms with Crippen LogP contribution in [0.2, 0.25) is 0 Å². The molecule has 0 saturated carbocycles. The summed E-state index contributed by atoms with van der Waals surface area (Å²) in [4.78, 5) is 28.3. The Morgan fingerprint density at radius 2 is 1.80 bits per heavy atom. The lowest BCUT2D eigenvalue weighted by Gasteiger charge is -2.28. The van der Waals surface area contributed by atoms with Crippen LogP contribution in [0.3, 0.4) is 0 Å². The van der Waals surface area contributed by atoms with Crippen LogP contribution < -0.4 is 0 Å². The average Bonchev–Trinajstić information content (AvgIpc) is 2.61. The average molecular weight is 348 g/mol. The Hall–Kier alpha value is -1.88. The topological polar surface area (TPSA) is 49.9 Å². The maximum Gasteiger partial charge on any atom is 0.309 e. The highest BCUT2D eigenvalue weighted by molar-refractivity contribution is 5.78. The number of ether oxygens (including phenoxy) is 1. The Bertz CT molecular complexity index is 542. The van der Waals surface area contributed by atoms with Gasteiger partial charge in [-0.1, -0.05) is 50.6 Å². The first-order chi connectivity index (χ1) is 11.9. The number of esters is 1. The number of carbonyl (C=O) groups is 2. The molecule has 0 aliphatic carbocycles.